The molecule has 0 atom stereocenters. The van der Waals surface area contributed by atoms with Crippen molar-refractivity contribution in [1.82, 2.24) is 0 Å². The SMILES string of the molecule is CCc1ccc(C2=CC(C)(C)Sc3cc[c]cc32)cc1. The van der Waals surface area contributed by atoms with Gasteiger partial charge in [-0.15, -0.1) is 11.8 Å². The van der Waals surface area contributed by atoms with Crippen LogP contribution in [0.3, 0.4) is 0 Å². The van der Waals surface area contributed by atoms with E-state index in [1.54, 1.807) is 0 Å². The van der Waals surface area contributed by atoms with Gasteiger partial charge in [0.05, 0.1) is 0 Å². The maximum absolute atomic E-state index is 3.22. The van der Waals surface area contributed by atoms with Gasteiger partial charge in [-0.1, -0.05) is 43.3 Å². The Kier molecular flexibility index (Phi) is 3.47. The Morgan fingerprint density at radius 3 is 2.55 bits per heavy atom. The highest BCUT2D eigenvalue weighted by Gasteiger charge is 2.26. The van der Waals surface area contributed by atoms with Crippen LogP contribution in [0.2, 0.25) is 0 Å². The molecular weight excluding hydrogens is 260 g/mol. The molecule has 0 unspecified atom stereocenters. The fourth-order valence-electron chi connectivity index (χ4n) is 2.61. The zero-order valence-corrected chi connectivity index (χ0v) is 13.1. The molecule has 20 heavy (non-hydrogen) atoms. The third-order valence-corrected chi connectivity index (χ3v) is 4.87. The van der Waals surface area contributed by atoms with Gasteiger partial charge < -0.3 is 0 Å². The van der Waals surface area contributed by atoms with E-state index in [2.05, 4.69) is 69.3 Å². The van der Waals surface area contributed by atoms with Crippen molar-refractivity contribution >= 4 is 17.3 Å². The second kappa shape index (κ2) is 5.14. The Hall–Kier alpha value is -1.47. The summed E-state index contributed by atoms with van der Waals surface area (Å²) >= 11 is 1.92. The van der Waals surface area contributed by atoms with Crippen LogP contribution in [0.1, 0.15) is 37.5 Å². The third-order valence-electron chi connectivity index (χ3n) is 3.65. The lowest BCUT2D eigenvalue weighted by atomic mass is 9.93. The fraction of sp³-hybridized carbons (Fsp3) is 0.263. The van der Waals surface area contributed by atoms with Crippen LogP contribution < -0.4 is 0 Å². The van der Waals surface area contributed by atoms with Crippen LogP contribution in [0.4, 0.5) is 0 Å². The number of fused-ring (bicyclic) bond motifs is 1. The average molecular weight is 279 g/mol. The highest BCUT2D eigenvalue weighted by molar-refractivity contribution is 8.01. The topological polar surface area (TPSA) is 0 Å². The smallest absolute Gasteiger partial charge is 0.0339 e. The first-order valence-corrected chi connectivity index (χ1v) is 7.92. The summed E-state index contributed by atoms with van der Waals surface area (Å²) in [6, 6.07) is 18.5. The van der Waals surface area contributed by atoms with Crippen molar-refractivity contribution < 1.29 is 0 Å². The van der Waals surface area contributed by atoms with E-state index in [0.717, 1.165) is 6.42 Å². The fourth-order valence-corrected chi connectivity index (χ4v) is 3.77. The maximum Gasteiger partial charge on any atom is 0.0339 e. The van der Waals surface area contributed by atoms with Crippen LogP contribution in [0.15, 0.2) is 53.4 Å². The molecule has 0 N–H and O–H groups in total. The number of rotatable bonds is 2. The molecule has 1 heteroatoms. The van der Waals surface area contributed by atoms with E-state index in [1.165, 1.54) is 27.2 Å². The first-order valence-electron chi connectivity index (χ1n) is 7.11. The quantitative estimate of drug-likeness (QED) is 0.712. The molecule has 101 valence electrons. The normalized spacial score (nSPS) is 16.4. The van der Waals surface area contributed by atoms with Crippen LogP contribution in [0.25, 0.3) is 5.57 Å². The molecule has 1 heterocycles. The summed E-state index contributed by atoms with van der Waals surface area (Å²) in [5.41, 5.74) is 5.33. The zero-order chi connectivity index (χ0) is 14.2. The van der Waals surface area contributed by atoms with Gasteiger partial charge in [-0.05, 0) is 60.7 Å². The van der Waals surface area contributed by atoms with E-state index >= 15 is 0 Å². The van der Waals surface area contributed by atoms with Crippen molar-refractivity contribution in [2.24, 2.45) is 0 Å². The number of thioether (sulfide) groups is 1. The number of benzene rings is 2. The predicted octanol–water partition coefficient (Wildman–Crippen LogP) is 5.37. The van der Waals surface area contributed by atoms with E-state index in [4.69, 9.17) is 0 Å². The number of hydrogen-bond acceptors (Lipinski definition) is 1. The molecule has 0 saturated carbocycles. The third kappa shape index (κ3) is 2.55. The van der Waals surface area contributed by atoms with E-state index in [0.29, 0.717) is 0 Å². The monoisotopic (exact) mass is 279 g/mol. The molecule has 0 aliphatic carbocycles. The van der Waals surface area contributed by atoms with Crippen molar-refractivity contribution in [3.8, 4) is 0 Å². The van der Waals surface area contributed by atoms with Crippen LogP contribution in [-0.2, 0) is 6.42 Å². The summed E-state index contributed by atoms with van der Waals surface area (Å²) in [7, 11) is 0. The van der Waals surface area contributed by atoms with Crippen LogP contribution in [0.5, 0.6) is 0 Å². The summed E-state index contributed by atoms with van der Waals surface area (Å²) in [4.78, 5) is 1.35. The van der Waals surface area contributed by atoms with Gasteiger partial charge in [0.25, 0.3) is 0 Å². The Morgan fingerprint density at radius 2 is 1.85 bits per heavy atom. The summed E-state index contributed by atoms with van der Waals surface area (Å²) in [6.45, 7) is 6.74. The summed E-state index contributed by atoms with van der Waals surface area (Å²) < 4.78 is 0.132. The average Bonchev–Trinajstić information content (AvgIpc) is 2.45. The molecule has 0 spiro atoms. The van der Waals surface area contributed by atoms with Gasteiger partial charge in [0.15, 0.2) is 0 Å². The van der Waals surface area contributed by atoms with Gasteiger partial charge in [-0.2, -0.15) is 0 Å². The first kappa shape index (κ1) is 13.5. The number of hydrogen-bond donors (Lipinski definition) is 0. The first-order chi connectivity index (χ1) is 9.59. The summed E-state index contributed by atoms with van der Waals surface area (Å²) in [5, 5.41) is 0. The zero-order valence-electron chi connectivity index (χ0n) is 12.2. The van der Waals surface area contributed by atoms with Crippen LogP contribution >= 0.6 is 11.8 Å². The van der Waals surface area contributed by atoms with Gasteiger partial charge in [-0.25, -0.2) is 0 Å². The second-order valence-corrected chi connectivity index (χ2v) is 7.43. The maximum atomic E-state index is 3.22. The molecule has 3 rings (SSSR count). The lowest BCUT2D eigenvalue weighted by Gasteiger charge is -2.29. The summed E-state index contributed by atoms with van der Waals surface area (Å²) in [6.07, 6.45) is 3.47. The number of aryl methyl sites for hydroxylation is 1. The highest BCUT2D eigenvalue weighted by atomic mass is 32.2. The predicted molar refractivity (Wildman–Crippen MR) is 88.1 cm³/mol. The van der Waals surface area contributed by atoms with Crippen LogP contribution in [-0.4, -0.2) is 4.75 Å². The molecular formula is C19H19S. The second-order valence-electron chi connectivity index (χ2n) is 5.74. The van der Waals surface area contributed by atoms with Crippen molar-refractivity contribution in [1.29, 1.82) is 0 Å². The summed E-state index contributed by atoms with van der Waals surface area (Å²) in [5.74, 6) is 0. The van der Waals surface area contributed by atoms with Crippen molar-refractivity contribution in [3.63, 3.8) is 0 Å². The molecule has 2 aromatic carbocycles. The molecule has 0 saturated heterocycles. The Morgan fingerprint density at radius 1 is 1.10 bits per heavy atom. The molecule has 0 bridgehead atoms. The Bertz CT molecular complexity index is 648. The molecule has 0 nitrogen and oxygen atoms in total. The molecule has 0 fully saturated rings. The molecule has 1 radical (unpaired) electrons. The lowest BCUT2D eigenvalue weighted by Crippen LogP contribution is -2.16. The minimum atomic E-state index is 0.132. The molecule has 1 aliphatic rings. The van der Waals surface area contributed by atoms with Crippen molar-refractivity contribution in [2.45, 2.75) is 36.8 Å². The van der Waals surface area contributed by atoms with E-state index < -0.39 is 0 Å². The standard InChI is InChI=1S/C19H19S/c1-4-14-9-11-15(12-10-14)17-13-19(2,3)20-18-8-6-5-7-16(17)18/h6-13H,4H2,1-3H3. The largest absolute Gasteiger partial charge is 0.115 e. The minimum Gasteiger partial charge on any atom is -0.115 e. The van der Waals surface area contributed by atoms with Gasteiger partial charge >= 0.3 is 0 Å². The van der Waals surface area contributed by atoms with Crippen molar-refractivity contribution in [2.75, 3.05) is 0 Å². The molecule has 0 amide bonds. The van der Waals surface area contributed by atoms with Crippen molar-refractivity contribution in [3.05, 3.63) is 71.3 Å². The minimum absolute atomic E-state index is 0.132. The molecule has 1 aliphatic heterocycles. The Balaban J connectivity index is 2.11. The highest BCUT2D eigenvalue weighted by Crippen LogP contribution is 2.45. The molecule has 0 aromatic heterocycles. The van der Waals surface area contributed by atoms with E-state index in [1.807, 2.05) is 17.8 Å². The van der Waals surface area contributed by atoms with Gasteiger partial charge in [0, 0.05) is 9.64 Å². The van der Waals surface area contributed by atoms with Gasteiger partial charge in [0.2, 0.25) is 0 Å². The van der Waals surface area contributed by atoms with Gasteiger partial charge in [-0.3, -0.25) is 0 Å². The van der Waals surface area contributed by atoms with Crippen LogP contribution in [0, 0.1) is 6.07 Å². The molecule has 2 aromatic rings. The van der Waals surface area contributed by atoms with E-state index in [9.17, 15) is 0 Å². The van der Waals surface area contributed by atoms with E-state index in [-0.39, 0.29) is 4.75 Å². The Labute approximate surface area is 125 Å². The lowest BCUT2D eigenvalue weighted by molar-refractivity contribution is 0.892. The van der Waals surface area contributed by atoms with Gasteiger partial charge in [0.1, 0.15) is 0 Å².